The summed E-state index contributed by atoms with van der Waals surface area (Å²) in [6.45, 7) is 4.11. The molecule has 0 amide bonds. The quantitative estimate of drug-likeness (QED) is 0.737. The number of nitrogen functional groups attached to an aromatic ring is 1. The SMILES string of the molecule is Cc1ccc(-c2nc(N)sc2-c2ccccc2F)cc1C. The number of benzene rings is 2. The number of nitrogens with zero attached hydrogens (tertiary/aromatic N) is 1. The Kier molecular flexibility index (Phi) is 3.47. The van der Waals surface area contributed by atoms with Crippen molar-refractivity contribution in [3.05, 3.63) is 59.4 Å². The Morgan fingerprint density at radius 3 is 2.52 bits per heavy atom. The van der Waals surface area contributed by atoms with Crippen LogP contribution in [-0.4, -0.2) is 4.98 Å². The molecule has 0 aliphatic heterocycles. The molecule has 0 bridgehead atoms. The second kappa shape index (κ2) is 5.30. The minimum Gasteiger partial charge on any atom is -0.375 e. The van der Waals surface area contributed by atoms with E-state index in [9.17, 15) is 4.39 Å². The molecule has 0 radical (unpaired) electrons. The highest BCUT2D eigenvalue weighted by molar-refractivity contribution is 7.19. The van der Waals surface area contributed by atoms with Gasteiger partial charge in [0.15, 0.2) is 5.13 Å². The second-order valence-corrected chi connectivity index (χ2v) is 6.04. The maximum Gasteiger partial charge on any atom is 0.181 e. The van der Waals surface area contributed by atoms with Gasteiger partial charge in [-0.05, 0) is 37.1 Å². The van der Waals surface area contributed by atoms with E-state index in [0.29, 0.717) is 10.7 Å². The van der Waals surface area contributed by atoms with E-state index in [4.69, 9.17) is 5.73 Å². The molecule has 0 atom stereocenters. The summed E-state index contributed by atoms with van der Waals surface area (Å²) < 4.78 is 14.1. The van der Waals surface area contributed by atoms with Crippen molar-refractivity contribution in [1.29, 1.82) is 0 Å². The van der Waals surface area contributed by atoms with Crippen molar-refractivity contribution < 1.29 is 4.39 Å². The Morgan fingerprint density at radius 2 is 1.81 bits per heavy atom. The van der Waals surface area contributed by atoms with Crippen LogP contribution in [-0.2, 0) is 0 Å². The van der Waals surface area contributed by atoms with Gasteiger partial charge in [-0.25, -0.2) is 9.37 Å². The molecular formula is C17H15FN2S. The van der Waals surface area contributed by atoms with Gasteiger partial charge in [0.1, 0.15) is 5.82 Å². The first-order chi connectivity index (χ1) is 10.1. The molecule has 3 aromatic rings. The summed E-state index contributed by atoms with van der Waals surface area (Å²) in [6.07, 6.45) is 0. The minimum atomic E-state index is -0.258. The van der Waals surface area contributed by atoms with E-state index in [1.54, 1.807) is 12.1 Å². The number of hydrogen-bond donors (Lipinski definition) is 1. The van der Waals surface area contributed by atoms with E-state index < -0.39 is 0 Å². The van der Waals surface area contributed by atoms with E-state index in [1.165, 1.54) is 28.5 Å². The second-order valence-electron chi connectivity index (χ2n) is 5.01. The number of halogens is 1. The van der Waals surface area contributed by atoms with Crippen LogP contribution in [0.5, 0.6) is 0 Å². The van der Waals surface area contributed by atoms with Crippen LogP contribution >= 0.6 is 11.3 Å². The first kappa shape index (κ1) is 13.8. The van der Waals surface area contributed by atoms with E-state index in [2.05, 4.69) is 24.9 Å². The first-order valence-corrected chi connectivity index (χ1v) is 7.46. The van der Waals surface area contributed by atoms with Gasteiger partial charge in [0.25, 0.3) is 0 Å². The Balaban J connectivity index is 2.20. The van der Waals surface area contributed by atoms with E-state index >= 15 is 0 Å². The number of thiazole rings is 1. The number of anilines is 1. The molecule has 2 N–H and O–H groups in total. The molecule has 3 rings (SSSR count). The van der Waals surface area contributed by atoms with E-state index in [1.807, 2.05) is 18.2 Å². The van der Waals surface area contributed by atoms with Gasteiger partial charge in [0, 0.05) is 11.1 Å². The zero-order valence-electron chi connectivity index (χ0n) is 11.9. The summed E-state index contributed by atoms with van der Waals surface area (Å²) >= 11 is 1.31. The van der Waals surface area contributed by atoms with Crippen LogP contribution in [0, 0.1) is 19.7 Å². The average molecular weight is 298 g/mol. The molecule has 0 aliphatic rings. The largest absolute Gasteiger partial charge is 0.375 e. The molecule has 2 nitrogen and oxygen atoms in total. The average Bonchev–Trinajstić information content (AvgIpc) is 2.84. The normalized spacial score (nSPS) is 10.8. The predicted molar refractivity (Wildman–Crippen MR) is 86.8 cm³/mol. The van der Waals surface area contributed by atoms with Crippen LogP contribution in [0.15, 0.2) is 42.5 Å². The minimum absolute atomic E-state index is 0.258. The van der Waals surface area contributed by atoms with Gasteiger partial charge in [-0.15, -0.1) is 0 Å². The van der Waals surface area contributed by atoms with Gasteiger partial charge in [-0.1, -0.05) is 41.7 Å². The summed E-state index contributed by atoms with van der Waals surface area (Å²) in [5.74, 6) is -0.258. The number of rotatable bonds is 2. The van der Waals surface area contributed by atoms with Crippen LogP contribution in [0.4, 0.5) is 9.52 Å². The number of nitrogens with two attached hydrogens (primary N) is 1. The number of hydrogen-bond acceptors (Lipinski definition) is 3. The molecule has 21 heavy (non-hydrogen) atoms. The number of aryl methyl sites for hydroxylation is 2. The van der Waals surface area contributed by atoms with E-state index in [0.717, 1.165) is 16.1 Å². The molecule has 0 aliphatic carbocycles. The molecule has 0 saturated carbocycles. The highest BCUT2D eigenvalue weighted by Gasteiger charge is 2.16. The zero-order valence-corrected chi connectivity index (χ0v) is 12.7. The fraction of sp³-hybridized carbons (Fsp3) is 0.118. The summed E-state index contributed by atoms with van der Waals surface area (Å²) in [5.41, 5.74) is 10.5. The van der Waals surface area contributed by atoms with Crippen LogP contribution in [0.1, 0.15) is 11.1 Å². The van der Waals surface area contributed by atoms with Crippen LogP contribution in [0.2, 0.25) is 0 Å². The van der Waals surface area contributed by atoms with Gasteiger partial charge in [0.2, 0.25) is 0 Å². The standard InChI is InChI=1S/C17H15FN2S/c1-10-7-8-12(9-11(10)2)15-16(21-17(19)20-15)13-5-3-4-6-14(13)18/h3-9H,1-2H3,(H2,19,20). The van der Waals surface area contributed by atoms with Gasteiger partial charge in [-0.2, -0.15) is 0 Å². The summed E-state index contributed by atoms with van der Waals surface area (Å²) in [5, 5.41) is 0.446. The van der Waals surface area contributed by atoms with Crippen molar-refractivity contribution >= 4 is 16.5 Å². The molecule has 0 unspecified atom stereocenters. The van der Waals surface area contributed by atoms with Crippen molar-refractivity contribution in [2.24, 2.45) is 0 Å². The summed E-state index contributed by atoms with van der Waals surface area (Å²) in [7, 11) is 0. The van der Waals surface area contributed by atoms with Gasteiger partial charge in [-0.3, -0.25) is 0 Å². The van der Waals surface area contributed by atoms with Gasteiger partial charge < -0.3 is 5.73 Å². The number of aromatic nitrogens is 1. The Bertz CT molecular complexity index is 808. The summed E-state index contributed by atoms with van der Waals surface area (Å²) in [4.78, 5) is 5.17. The van der Waals surface area contributed by atoms with Crippen molar-refractivity contribution in [3.63, 3.8) is 0 Å². The van der Waals surface area contributed by atoms with Crippen molar-refractivity contribution in [1.82, 2.24) is 4.98 Å². The monoisotopic (exact) mass is 298 g/mol. The van der Waals surface area contributed by atoms with Crippen molar-refractivity contribution in [2.45, 2.75) is 13.8 Å². The molecule has 0 spiro atoms. The maximum atomic E-state index is 14.1. The Labute approximate surface area is 127 Å². The van der Waals surface area contributed by atoms with Crippen LogP contribution in [0.3, 0.4) is 0 Å². The third kappa shape index (κ3) is 2.54. The highest BCUT2D eigenvalue weighted by Crippen LogP contribution is 2.39. The fourth-order valence-corrected chi connectivity index (χ4v) is 3.13. The van der Waals surface area contributed by atoms with Crippen molar-refractivity contribution in [3.8, 4) is 21.7 Å². The van der Waals surface area contributed by atoms with E-state index in [-0.39, 0.29) is 5.82 Å². The third-order valence-corrected chi connectivity index (χ3v) is 4.46. The van der Waals surface area contributed by atoms with Gasteiger partial charge in [0.05, 0.1) is 10.6 Å². The zero-order chi connectivity index (χ0) is 15.0. The molecule has 0 saturated heterocycles. The van der Waals surface area contributed by atoms with Gasteiger partial charge >= 0.3 is 0 Å². The van der Waals surface area contributed by atoms with Crippen LogP contribution < -0.4 is 5.73 Å². The molecular weight excluding hydrogens is 283 g/mol. The lowest BCUT2D eigenvalue weighted by atomic mass is 10.0. The van der Waals surface area contributed by atoms with Crippen LogP contribution in [0.25, 0.3) is 21.7 Å². The smallest absolute Gasteiger partial charge is 0.181 e. The maximum absolute atomic E-state index is 14.1. The fourth-order valence-electron chi connectivity index (χ4n) is 2.25. The highest BCUT2D eigenvalue weighted by atomic mass is 32.1. The lowest BCUT2D eigenvalue weighted by Gasteiger charge is -2.06. The molecule has 2 aromatic carbocycles. The Morgan fingerprint density at radius 1 is 1.05 bits per heavy atom. The lowest BCUT2D eigenvalue weighted by Crippen LogP contribution is -1.88. The predicted octanol–water partition coefficient (Wildman–Crippen LogP) is 4.82. The summed E-state index contributed by atoms with van der Waals surface area (Å²) in [6, 6.07) is 12.8. The first-order valence-electron chi connectivity index (χ1n) is 6.65. The third-order valence-electron chi connectivity index (χ3n) is 3.54. The molecule has 1 heterocycles. The molecule has 106 valence electrons. The molecule has 0 fully saturated rings. The molecule has 1 aromatic heterocycles. The lowest BCUT2D eigenvalue weighted by molar-refractivity contribution is 0.631. The topological polar surface area (TPSA) is 38.9 Å². The van der Waals surface area contributed by atoms with Crippen molar-refractivity contribution in [2.75, 3.05) is 5.73 Å². The Hall–Kier alpha value is -2.20. The molecule has 4 heteroatoms.